The first-order chi connectivity index (χ1) is 14.1. The highest BCUT2D eigenvalue weighted by atomic mass is 19.1. The summed E-state index contributed by atoms with van der Waals surface area (Å²) < 4.78 is 19.5. The van der Waals surface area contributed by atoms with Gasteiger partial charge < -0.3 is 20.3 Å². The summed E-state index contributed by atoms with van der Waals surface area (Å²) in [6.07, 6.45) is 1.75. The van der Waals surface area contributed by atoms with E-state index >= 15 is 0 Å². The van der Waals surface area contributed by atoms with Crippen molar-refractivity contribution in [1.82, 2.24) is 9.80 Å². The molecule has 0 saturated carbocycles. The van der Waals surface area contributed by atoms with Crippen molar-refractivity contribution in [2.24, 2.45) is 11.7 Å². The fourth-order valence-electron chi connectivity index (χ4n) is 4.08. The van der Waals surface area contributed by atoms with Crippen molar-refractivity contribution < 1.29 is 18.7 Å². The average molecular weight is 421 g/mol. The van der Waals surface area contributed by atoms with Crippen molar-refractivity contribution in [3.63, 3.8) is 0 Å². The van der Waals surface area contributed by atoms with Crippen molar-refractivity contribution >= 4 is 17.7 Å². The monoisotopic (exact) mass is 420 g/mol. The van der Waals surface area contributed by atoms with E-state index in [1.54, 1.807) is 6.07 Å². The van der Waals surface area contributed by atoms with Gasteiger partial charge in [0.15, 0.2) is 0 Å². The highest BCUT2D eigenvalue weighted by Gasteiger charge is 2.28. The second kappa shape index (κ2) is 9.20. The molecular weight excluding hydrogens is 387 g/mol. The van der Waals surface area contributed by atoms with E-state index in [1.165, 1.54) is 12.1 Å². The quantitative estimate of drug-likeness (QED) is 0.810. The number of nitrogens with zero attached hydrogens (tertiary/aromatic N) is 3. The van der Waals surface area contributed by atoms with E-state index in [-0.39, 0.29) is 11.7 Å². The zero-order valence-corrected chi connectivity index (χ0v) is 18.2. The number of likely N-dealkylation sites (tertiary alicyclic amines) is 1. The Morgan fingerprint density at radius 2 is 1.73 bits per heavy atom. The molecule has 0 atom stereocenters. The van der Waals surface area contributed by atoms with Gasteiger partial charge in [0, 0.05) is 51.5 Å². The predicted molar refractivity (Wildman–Crippen MR) is 114 cm³/mol. The molecule has 0 spiro atoms. The summed E-state index contributed by atoms with van der Waals surface area (Å²) in [5, 5.41) is 0. The van der Waals surface area contributed by atoms with Crippen molar-refractivity contribution in [2.75, 3.05) is 50.7 Å². The molecular formula is C22H33FN4O3. The molecule has 0 aromatic heterocycles. The van der Waals surface area contributed by atoms with E-state index in [1.807, 2.05) is 25.7 Å². The van der Waals surface area contributed by atoms with Gasteiger partial charge in [-0.15, -0.1) is 0 Å². The third kappa shape index (κ3) is 5.84. The molecule has 2 amide bonds. The molecule has 2 saturated heterocycles. The Morgan fingerprint density at radius 1 is 1.10 bits per heavy atom. The average Bonchev–Trinajstić information content (AvgIpc) is 2.67. The Bertz CT molecular complexity index is 764. The zero-order chi connectivity index (χ0) is 21.9. The third-order valence-electron chi connectivity index (χ3n) is 5.74. The van der Waals surface area contributed by atoms with E-state index in [9.17, 15) is 14.0 Å². The van der Waals surface area contributed by atoms with Gasteiger partial charge in [0.2, 0.25) is 0 Å². The number of piperazine rings is 1. The number of carbonyl (C=O) groups is 2. The van der Waals surface area contributed by atoms with Crippen LogP contribution in [0, 0.1) is 11.7 Å². The largest absolute Gasteiger partial charge is 0.444 e. The molecule has 0 unspecified atom stereocenters. The molecule has 1 aromatic rings. The van der Waals surface area contributed by atoms with E-state index in [2.05, 4.69) is 9.80 Å². The molecule has 3 rings (SSSR count). The van der Waals surface area contributed by atoms with Crippen LogP contribution in [0.1, 0.15) is 44.0 Å². The van der Waals surface area contributed by atoms with Gasteiger partial charge >= 0.3 is 6.09 Å². The number of carbonyl (C=O) groups excluding carboxylic acids is 2. The lowest BCUT2D eigenvalue weighted by atomic mass is 9.96. The number of piperidine rings is 1. The Hall–Kier alpha value is -2.35. The minimum Gasteiger partial charge on any atom is -0.444 e. The van der Waals surface area contributed by atoms with Gasteiger partial charge in [0.1, 0.15) is 11.4 Å². The number of ether oxygens (including phenoxy) is 1. The van der Waals surface area contributed by atoms with Gasteiger partial charge in [-0.1, -0.05) is 0 Å². The van der Waals surface area contributed by atoms with Crippen LogP contribution in [0.3, 0.4) is 0 Å². The molecule has 2 aliphatic heterocycles. The van der Waals surface area contributed by atoms with Gasteiger partial charge in [-0.25, -0.2) is 9.18 Å². The number of hydrogen-bond acceptors (Lipinski definition) is 5. The molecule has 0 aliphatic carbocycles. The molecule has 0 radical (unpaired) electrons. The first kappa shape index (κ1) is 22.3. The van der Waals surface area contributed by atoms with Crippen molar-refractivity contribution in [1.29, 1.82) is 0 Å². The van der Waals surface area contributed by atoms with E-state index in [4.69, 9.17) is 10.5 Å². The summed E-state index contributed by atoms with van der Waals surface area (Å²) in [6, 6.07) is 4.60. The maximum atomic E-state index is 14.0. The van der Waals surface area contributed by atoms with Crippen LogP contribution in [0.25, 0.3) is 0 Å². The van der Waals surface area contributed by atoms with Crippen LogP contribution in [-0.4, -0.2) is 73.2 Å². The predicted octanol–water partition coefficient (Wildman–Crippen LogP) is 2.69. The Balaban J connectivity index is 1.43. The highest BCUT2D eigenvalue weighted by molar-refractivity contribution is 5.93. The second-order valence-corrected chi connectivity index (χ2v) is 9.23. The number of halogens is 1. The topological polar surface area (TPSA) is 79.1 Å². The van der Waals surface area contributed by atoms with Crippen LogP contribution in [0.5, 0.6) is 0 Å². The summed E-state index contributed by atoms with van der Waals surface area (Å²) >= 11 is 0. The maximum absolute atomic E-state index is 14.0. The number of hydrogen-bond donors (Lipinski definition) is 1. The number of amides is 2. The zero-order valence-electron chi connectivity index (χ0n) is 18.2. The lowest BCUT2D eigenvalue weighted by Crippen LogP contribution is -2.49. The molecule has 7 nitrogen and oxygen atoms in total. The Morgan fingerprint density at radius 3 is 2.27 bits per heavy atom. The normalized spacial score (nSPS) is 19.1. The Labute approximate surface area is 177 Å². The number of nitrogens with two attached hydrogens (primary N) is 1. The molecule has 166 valence electrons. The maximum Gasteiger partial charge on any atom is 0.410 e. The SMILES string of the molecule is CC(C)(C)OC(=O)N1CCC(CN2CCN(c3ccc(C(N)=O)c(F)c3)CC2)CC1. The fraction of sp³-hybridized carbons (Fsp3) is 0.636. The molecule has 8 heteroatoms. The van der Waals surface area contributed by atoms with Crippen LogP contribution in [0.4, 0.5) is 14.9 Å². The minimum absolute atomic E-state index is 0.0740. The molecule has 2 N–H and O–H groups in total. The summed E-state index contributed by atoms with van der Waals surface area (Å²) in [6.45, 7) is 11.6. The van der Waals surface area contributed by atoms with Gasteiger partial charge in [0.25, 0.3) is 5.91 Å². The molecule has 0 bridgehead atoms. The van der Waals surface area contributed by atoms with E-state index < -0.39 is 17.3 Å². The molecule has 30 heavy (non-hydrogen) atoms. The van der Waals surface area contributed by atoms with Gasteiger partial charge in [-0.3, -0.25) is 9.69 Å². The summed E-state index contributed by atoms with van der Waals surface area (Å²) in [5.74, 6) is -0.747. The van der Waals surface area contributed by atoms with Gasteiger partial charge in [-0.05, 0) is 57.7 Å². The van der Waals surface area contributed by atoms with Crippen LogP contribution in [0.15, 0.2) is 18.2 Å². The molecule has 1 aromatic carbocycles. The fourth-order valence-corrected chi connectivity index (χ4v) is 4.08. The molecule has 2 fully saturated rings. The van der Waals surface area contributed by atoms with Crippen LogP contribution >= 0.6 is 0 Å². The highest BCUT2D eigenvalue weighted by Crippen LogP contribution is 2.23. The van der Waals surface area contributed by atoms with Gasteiger partial charge in [0.05, 0.1) is 5.56 Å². The van der Waals surface area contributed by atoms with E-state index in [0.717, 1.165) is 64.3 Å². The van der Waals surface area contributed by atoms with Crippen LogP contribution in [-0.2, 0) is 4.74 Å². The van der Waals surface area contributed by atoms with Crippen LogP contribution in [0.2, 0.25) is 0 Å². The summed E-state index contributed by atoms with van der Waals surface area (Å²) in [5.41, 5.74) is 5.42. The second-order valence-electron chi connectivity index (χ2n) is 9.23. The van der Waals surface area contributed by atoms with E-state index in [0.29, 0.717) is 5.92 Å². The molecule has 2 heterocycles. The first-order valence-electron chi connectivity index (χ1n) is 10.7. The van der Waals surface area contributed by atoms with Gasteiger partial charge in [-0.2, -0.15) is 0 Å². The lowest BCUT2D eigenvalue weighted by molar-refractivity contribution is 0.0169. The van der Waals surface area contributed by atoms with Crippen molar-refractivity contribution in [3.05, 3.63) is 29.6 Å². The Kier molecular flexibility index (Phi) is 6.85. The molecule has 2 aliphatic rings. The smallest absolute Gasteiger partial charge is 0.410 e. The third-order valence-corrected chi connectivity index (χ3v) is 5.74. The van der Waals surface area contributed by atoms with Crippen molar-refractivity contribution in [3.8, 4) is 0 Å². The number of anilines is 1. The summed E-state index contributed by atoms with van der Waals surface area (Å²) in [4.78, 5) is 29.8. The van der Waals surface area contributed by atoms with Crippen LogP contribution < -0.4 is 10.6 Å². The lowest BCUT2D eigenvalue weighted by Gasteiger charge is -2.39. The number of primary amides is 1. The van der Waals surface area contributed by atoms with Crippen molar-refractivity contribution in [2.45, 2.75) is 39.2 Å². The minimum atomic E-state index is -0.749. The standard InChI is InChI=1S/C22H33FN4O3/c1-22(2,3)30-21(29)27-8-6-16(7-9-27)15-25-10-12-26(13-11-25)17-4-5-18(20(24)28)19(23)14-17/h4-5,14,16H,6-13,15H2,1-3H3,(H2,24,28). The number of rotatable bonds is 4. The summed E-state index contributed by atoms with van der Waals surface area (Å²) in [7, 11) is 0. The first-order valence-corrected chi connectivity index (χ1v) is 10.7. The number of benzene rings is 1.